The highest BCUT2D eigenvalue weighted by Crippen LogP contribution is 2.33. The van der Waals surface area contributed by atoms with Crippen molar-refractivity contribution < 1.29 is 9.53 Å². The fourth-order valence-electron chi connectivity index (χ4n) is 3.22. The van der Waals surface area contributed by atoms with E-state index in [1.54, 1.807) is 31.2 Å². The smallest absolute Gasteiger partial charge is 0.338 e. The molecule has 0 aliphatic carbocycles. The first-order valence-corrected chi connectivity index (χ1v) is 9.66. The van der Waals surface area contributed by atoms with Crippen LogP contribution in [-0.2, 0) is 4.74 Å². The summed E-state index contributed by atoms with van der Waals surface area (Å²) in [6.45, 7) is 6.46. The van der Waals surface area contributed by atoms with Crippen LogP contribution in [0, 0.1) is 17.2 Å². The third kappa shape index (κ3) is 4.02. The lowest BCUT2D eigenvalue weighted by Gasteiger charge is -2.26. The standard InChI is InChI=1S/C22H22ClN3O2/c1-4-28-22(27)16-7-5-15(6-8-16)20-12-21(14(2)3)26(25-20)18-10-9-17(13-24)19(23)11-18/h5-11,14,21H,4,12H2,1-3H3. The summed E-state index contributed by atoms with van der Waals surface area (Å²) in [4.78, 5) is 11.8. The molecule has 1 atom stereocenters. The van der Waals surface area contributed by atoms with Crippen LogP contribution in [0.2, 0.25) is 5.02 Å². The first kappa shape index (κ1) is 19.9. The van der Waals surface area contributed by atoms with Gasteiger partial charge in [0, 0.05) is 6.42 Å². The molecule has 0 saturated heterocycles. The predicted octanol–water partition coefficient (Wildman–Crippen LogP) is 5.03. The fourth-order valence-corrected chi connectivity index (χ4v) is 3.44. The van der Waals surface area contributed by atoms with Crippen molar-refractivity contribution in [3.63, 3.8) is 0 Å². The number of benzene rings is 2. The van der Waals surface area contributed by atoms with Crippen LogP contribution in [0.15, 0.2) is 47.6 Å². The Morgan fingerprint density at radius 2 is 2.04 bits per heavy atom. The summed E-state index contributed by atoms with van der Waals surface area (Å²) in [5.41, 5.74) is 3.76. The average Bonchev–Trinajstić information content (AvgIpc) is 3.14. The summed E-state index contributed by atoms with van der Waals surface area (Å²) < 4.78 is 5.03. The summed E-state index contributed by atoms with van der Waals surface area (Å²) in [7, 11) is 0. The maximum Gasteiger partial charge on any atom is 0.338 e. The minimum absolute atomic E-state index is 0.184. The molecule has 0 radical (unpaired) electrons. The van der Waals surface area contributed by atoms with Crippen LogP contribution < -0.4 is 5.01 Å². The fraction of sp³-hybridized carbons (Fsp3) is 0.318. The van der Waals surface area contributed by atoms with Crippen molar-refractivity contribution >= 4 is 29.0 Å². The second kappa shape index (κ2) is 8.45. The lowest BCUT2D eigenvalue weighted by atomic mass is 9.95. The number of hydrazone groups is 1. The molecule has 6 heteroatoms. The lowest BCUT2D eigenvalue weighted by molar-refractivity contribution is 0.0526. The number of carbonyl (C=O) groups excluding carboxylic acids is 1. The maximum absolute atomic E-state index is 11.8. The third-order valence-electron chi connectivity index (χ3n) is 4.78. The summed E-state index contributed by atoms with van der Waals surface area (Å²) in [5, 5.41) is 16.3. The van der Waals surface area contributed by atoms with Crippen LogP contribution in [0.3, 0.4) is 0 Å². The highest BCUT2D eigenvalue weighted by Gasteiger charge is 2.31. The van der Waals surface area contributed by atoms with E-state index in [4.69, 9.17) is 26.7 Å². The Hall–Kier alpha value is -2.84. The Kier molecular flexibility index (Phi) is 6.01. The van der Waals surface area contributed by atoms with Crippen LogP contribution in [0.25, 0.3) is 0 Å². The number of hydrogen-bond acceptors (Lipinski definition) is 5. The number of esters is 1. The van der Waals surface area contributed by atoms with Crippen molar-refractivity contribution in [2.24, 2.45) is 11.0 Å². The van der Waals surface area contributed by atoms with E-state index in [9.17, 15) is 4.79 Å². The van der Waals surface area contributed by atoms with Crippen molar-refractivity contribution in [1.82, 2.24) is 0 Å². The van der Waals surface area contributed by atoms with Crippen molar-refractivity contribution in [1.29, 1.82) is 5.26 Å². The summed E-state index contributed by atoms with van der Waals surface area (Å²) in [6.07, 6.45) is 0.786. The molecule has 0 N–H and O–H groups in total. The van der Waals surface area contributed by atoms with E-state index < -0.39 is 0 Å². The normalized spacial score (nSPS) is 16.1. The van der Waals surface area contributed by atoms with Crippen molar-refractivity contribution in [2.45, 2.75) is 33.2 Å². The summed E-state index contributed by atoms with van der Waals surface area (Å²) >= 11 is 6.22. The summed E-state index contributed by atoms with van der Waals surface area (Å²) in [5.74, 6) is 0.0470. The van der Waals surface area contributed by atoms with E-state index in [2.05, 4.69) is 19.9 Å². The van der Waals surface area contributed by atoms with Gasteiger partial charge in [-0.3, -0.25) is 5.01 Å². The van der Waals surface area contributed by atoms with Crippen LogP contribution >= 0.6 is 11.6 Å². The molecule has 0 aromatic heterocycles. The molecule has 28 heavy (non-hydrogen) atoms. The molecule has 1 unspecified atom stereocenters. The first-order valence-electron chi connectivity index (χ1n) is 9.28. The highest BCUT2D eigenvalue weighted by atomic mass is 35.5. The van der Waals surface area contributed by atoms with Crippen LogP contribution in [0.5, 0.6) is 0 Å². The Bertz CT molecular complexity index is 945. The Balaban J connectivity index is 1.90. The molecular formula is C22H22ClN3O2. The van der Waals surface area contributed by atoms with Gasteiger partial charge in [-0.25, -0.2) is 4.79 Å². The Morgan fingerprint density at radius 3 is 2.61 bits per heavy atom. The number of carbonyl (C=O) groups is 1. The summed E-state index contributed by atoms with van der Waals surface area (Å²) in [6, 6.07) is 15.0. The quantitative estimate of drug-likeness (QED) is 0.666. The van der Waals surface area contributed by atoms with Gasteiger partial charge in [-0.05, 0) is 48.7 Å². The second-order valence-electron chi connectivity index (χ2n) is 6.98. The van der Waals surface area contributed by atoms with Crippen LogP contribution in [0.4, 0.5) is 5.69 Å². The van der Waals surface area contributed by atoms with Gasteiger partial charge in [0.2, 0.25) is 0 Å². The van der Waals surface area contributed by atoms with Gasteiger partial charge in [0.1, 0.15) is 6.07 Å². The van der Waals surface area contributed by atoms with Crippen LogP contribution in [0.1, 0.15) is 48.7 Å². The van der Waals surface area contributed by atoms with Gasteiger partial charge in [0.25, 0.3) is 0 Å². The number of hydrogen-bond donors (Lipinski definition) is 0. The molecule has 0 saturated carbocycles. The van der Waals surface area contributed by atoms with E-state index in [1.807, 2.05) is 23.2 Å². The van der Waals surface area contributed by atoms with Gasteiger partial charge in [-0.15, -0.1) is 0 Å². The van der Waals surface area contributed by atoms with Crippen molar-refractivity contribution in [3.05, 3.63) is 64.2 Å². The molecule has 0 bridgehead atoms. The molecule has 144 valence electrons. The van der Waals surface area contributed by atoms with Gasteiger partial charge >= 0.3 is 5.97 Å². The molecule has 1 aliphatic heterocycles. The molecule has 3 rings (SSSR count). The molecular weight excluding hydrogens is 374 g/mol. The molecule has 5 nitrogen and oxygen atoms in total. The predicted molar refractivity (Wildman–Crippen MR) is 111 cm³/mol. The number of ether oxygens (including phenoxy) is 1. The number of halogens is 1. The van der Waals surface area contributed by atoms with Crippen molar-refractivity contribution in [2.75, 3.05) is 11.6 Å². The van der Waals surface area contributed by atoms with Gasteiger partial charge < -0.3 is 4.74 Å². The molecule has 2 aromatic carbocycles. The minimum atomic E-state index is -0.323. The molecule has 0 fully saturated rings. The highest BCUT2D eigenvalue weighted by molar-refractivity contribution is 6.32. The number of nitriles is 1. The second-order valence-corrected chi connectivity index (χ2v) is 7.39. The Morgan fingerprint density at radius 1 is 1.32 bits per heavy atom. The number of nitrogens with zero attached hydrogens (tertiary/aromatic N) is 3. The topological polar surface area (TPSA) is 65.7 Å². The van der Waals surface area contributed by atoms with Crippen LogP contribution in [-0.4, -0.2) is 24.3 Å². The molecule has 0 spiro atoms. The van der Waals surface area contributed by atoms with Gasteiger partial charge in [0.05, 0.1) is 40.2 Å². The SMILES string of the molecule is CCOC(=O)c1ccc(C2=NN(c3ccc(C#N)c(Cl)c3)C(C(C)C)C2)cc1. The average molecular weight is 396 g/mol. The van der Waals surface area contributed by atoms with Gasteiger partial charge in [0.15, 0.2) is 0 Å². The van der Waals surface area contributed by atoms with Crippen molar-refractivity contribution in [3.8, 4) is 6.07 Å². The maximum atomic E-state index is 11.8. The largest absolute Gasteiger partial charge is 0.462 e. The monoisotopic (exact) mass is 395 g/mol. The van der Waals surface area contributed by atoms with Gasteiger partial charge in [-0.2, -0.15) is 10.4 Å². The number of anilines is 1. The molecule has 2 aromatic rings. The van der Waals surface area contributed by atoms with E-state index in [0.29, 0.717) is 28.7 Å². The molecule has 0 amide bonds. The number of rotatable bonds is 5. The zero-order valence-corrected chi connectivity index (χ0v) is 16.9. The third-order valence-corrected chi connectivity index (χ3v) is 5.09. The minimum Gasteiger partial charge on any atom is -0.462 e. The first-order chi connectivity index (χ1) is 13.4. The van der Waals surface area contributed by atoms with E-state index in [-0.39, 0.29) is 12.0 Å². The van der Waals surface area contributed by atoms with E-state index in [0.717, 1.165) is 23.4 Å². The van der Waals surface area contributed by atoms with E-state index >= 15 is 0 Å². The molecule has 1 aliphatic rings. The Labute approximate surface area is 170 Å². The van der Waals surface area contributed by atoms with Gasteiger partial charge in [-0.1, -0.05) is 37.6 Å². The zero-order valence-electron chi connectivity index (χ0n) is 16.1. The lowest BCUT2D eigenvalue weighted by Crippen LogP contribution is -2.31. The van der Waals surface area contributed by atoms with E-state index in [1.165, 1.54) is 0 Å². The molecule has 1 heterocycles. The zero-order chi connectivity index (χ0) is 20.3.